The maximum atomic E-state index is 14.2. The Morgan fingerprint density at radius 2 is 1.70 bits per heavy atom. The molecule has 0 bridgehead atoms. The highest BCUT2D eigenvalue weighted by Crippen LogP contribution is 2.38. The van der Waals surface area contributed by atoms with E-state index in [0.717, 1.165) is 49.8 Å². The average molecular weight is 680 g/mol. The Labute approximate surface area is 272 Å². The van der Waals surface area contributed by atoms with E-state index in [4.69, 9.17) is 16.3 Å². The number of amides is 2. The first kappa shape index (κ1) is 35.1. The van der Waals surface area contributed by atoms with Crippen LogP contribution in [-0.4, -0.2) is 50.9 Å². The Balaban J connectivity index is 1.75. The van der Waals surface area contributed by atoms with E-state index in [2.05, 4.69) is 5.32 Å². The monoisotopic (exact) mass is 679 g/mol. The Kier molecular flexibility index (Phi) is 11.3. The molecule has 8 nitrogen and oxygen atoms in total. The predicted octanol–water partition coefficient (Wildman–Crippen LogP) is 6.74. The molecule has 1 atom stereocenters. The number of nitrogens with zero attached hydrogens (tertiary/aromatic N) is 2. The molecule has 0 spiro atoms. The van der Waals surface area contributed by atoms with Gasteiger partial charge in [-0.3, -0.25) is 13.9 Å². The summed E-state index contributed by atoms with van der Waals surface area (Å²) < 4.78 is 75.5. The van der Waals surface area contributed by atoms with Crippen LogP contribution in [0, 0.1) is 6.92 Å². The van der Waals surface area contributed by atoms with Crippen molar-refractivity contribution < 1.29 is 35.9 Å². The average Bonchev–Trinajstić information content (AvgIpc) is 3.02. The standard InChI is InChI=1S/C33H37ClF3N3O5S/c1-22-12-15-28(16-13-22)46(43,44)40(26-14-17-30(34)29(19-26)33(35,36)37)21-31(41)39(20-24-8-7-11-27(18-24)45-3)23(2)32(42)38-25-9-5-4-6-10-25/h7-8,11-19,23,25H,4-6,9-10,20-21H2,1-3H3,(H,38,42)/t23-/m0/s1. The number of hydrogen-bond acceptors (Lipinski definition) is 5. The highest BCUT2D eigenvalue weighted by Gasteiger charge is 2.37. The number of halogens is 4. The molecule has 2 amide bonds. The lowest BCUT2D eigenvalue weighted by atomic mass is 9.95. The first-order valence-electron chi connectivity index (χ1n) is 14.9. The van der Waals surface area contributed by atoms with Gasteiger partial charge in [0.15, 0.2) is 0 Å². The number of hydrogen-bond donors (Lipinski definition) is 1. The van der Waals surface area contributed by atoms with E-state index in [1.807, 2.05) is 0 Å². The van der Waals surface area contributed by atoms with Gasteiger partial charge in [-0.1, -0.05) is 60.7 Å². The molecule has 13 heteroatoms. The van der Waals surface area contributed by atoms with Crippen molar-refractivity contribution >= 4 is 39.1 Å². The molecule has 46 heavy (non-hydrogen) atoms. The fraction of sp³-hybridized carbons (Fsp3) is 0.394. The summed E-state index contributed by atoms with van der Waals surface area (Å²) >= 11 is 5.84. The van der Waals surface area contributed by atoms with Crippen LogP contribution in [-0.2, 0) is 32.3 Å². The molecular weight excluding hydrogens is 643 g/mol. The fourth-order valence-corrected chi connectivity index (χ4v) is 7.00. The lowest BCUT2D eigenvalue weighted by Crippen LogP contribution is -2.53. The number of nitrogens with one attached hydrogen (secondary N) is 1. The molecule has 248 valence electrons. The molecule has 1 N–H and O–H groups in total. The van der Waals surface area contributed by atoms with Gasteiger partial charge in [-0.05, 0) is 74.7 Å². The maximum absolute atomic E-state index is 14.2. The molecule has 0 heterocycles. The second kappa shape index (κ2) is 14.8. The number of carbonyl (C=O) groups is 2. The summed E-state index contributed by atoms with van der Waals surface area (Å²) in [6.45, 7) is 2.31. The Bertz CT molecular complexity index is 1640. The van der Waals surface area contributed by atoms with Crippen molar-refractivity contribution in [2.45, 2.75) is 75.7 Å². The third-order valence-electron chi connectivity index (χ3n) is 8.04. The van der Waals surface area contributed by atoms with Crippen molar-refractivity contribution in [1.82, 2.24) is 10.2 Å². The molecule has 0 radical (unpaired) electrons. The molecule has 4 rings (SSSR count). The first-order chi connectivity index (χ1) is 21.7. The number of benzene rings is 3. The van der Waals surface area contributed by atoms with Gasteiger partial charge in [0.2, 0.25) is 11.8 Å². The molecule has 1 aliphatic carbocycles. The second-order valence-electron chi connectivity index (χ2n) is 11.4. The summed E-state index contributed by atoms with van der Waals surface area (Å²) in [4.78, 5) is 28.6. The molecule has 1 fully saturated rings. The summed E-state index contributed by atoms with van der Waals surface area (Å²) in [5, 5.41) is 2.39. The lowest BCUT2D eigenvalue weighted by Gasteiger charge is -2.33. The Morgan fingerprint density at radius 3 is 2.33 bits per heavy atom. The SMILES string of the molecule is COc1cccc(CN(C(=O)CN(c2ccc(Cl)c(C(F)(F)F)c2)S(=O)(=O)c2ccc(C)cc2)[C@@H](C)C(=O)NC2CCCCC2)c1. The van der Waals surface area contributed by atoms with Gasteiger partial charge in [0.25, 0.3) is 10.0 Å². The van der Waals surface area contributed by atoms with Gasteiger partial charge in [0, 0.05) is 12.6 Å². The molecule has 0 aromatic heterocycles. The molecule has 1 saturated carbocycles. The van der Waals surface area contributed by atoms with Crippen LogP contribution in [0.2, 0.25) is 5.02 Å². The van der Waals surface area contributed by atoms with Gasteiger partial charge in [-0.25, -0.2) is 8.42 Å². The van der Waals surface area contributed by atoms with Gasteiger partial charge in [-0.15, -0.1) is 0 Å². The van der Waals surface area contributed by atoms with E-state index in [1.54, 1.807) is 50.2 Å². The van der Waals surface area contributed by atoms with E-state index in [1.165, 1.54) is 24.1 Å². The number of rotatable bonds is 11. The van der Waals surface area contributed by atoms with E-state index < -0.39 is 56.9 Å². The first-order valence-corrected chi connectivity index (χ1v) is 16.7. The van der Waals surface area contributed by atoms with Crippen molar-refractivity contribution in [1.29, 1.82) is 0 Å². The molecule has 1 aliphatic rings. The van der Waals surface area contributed by atoms with E-state index in [-0.39, 0.29) is 17.5 Å². The number of anilines is 1. The van der Waals surface area contributed by atoms with E-state index in [0.29, 0.717) is 21.7 Å². The molecule has 0 aliphatic heterocycles. The number of alkyl halides is 3. The van der Waals surface area contributed by atoms with Crippen molar-refractivity contribution in [2.75, 3.05) is 18.0 Å². The number of ether oxygens (including phenoxy) is 1. The van der Waals surface area contributed by atoms with Crippen molar-refractivity contribution in [2.24, 2.45) is 0 Å². The summed E-state index contributed by atoms with van der Waals surface area (Å²) in [6, 6.07) is 14.1. The molecule has 0 unspecified atom stereocenters. The summed E-state index contributed by atoms with van der Waals surface area (Å²) in [5.41, 5.74) is -0.304. The third kappa shape index (κ3) is 8.52. The van der Waals surface area contributed by atoms with E-state index >= 15 is 0 Å². The van der Waals surface area contributed by atoms with Crippen molar-refractivity contribution in [3.63, 3.8) is 0 Å². The third-order valence-corrected chi connectivity index (χ3v) is 10.2. The van der Waals surface area contributed by atoms with Gasteiger partial charge in [-0.2, -0.15) is 13.2 Å². The summed E-state index contributed by atoms with van der Waals surface area (Å²) in [7, 11) is -3.09. The predicted molar refractivity (Wildman–Crippen MR) is 170 cm³/mol. The maximum Gasteiger partial charge on any atom is 0.417 e. The van der Waals surface area contributed by atoms with Crippen LogP contribution >= 0.6 is 11.6 Å². The quantitative estimate of drug-likeness (QED) is 0.242. The van der Waals surface area contributed by atoms with Gasteiger partial charge in [0.05, 0.1) is 28.3 Å². The minimum Gasteiger partial charge on any atom is -0.497 e. The van der Waals surface area contributed by atoms with Crippen LogP contribution in [0.5, 0.6) is 5.75 Å². The number of carbonyl (C=O) groups excluding carboxylic acids is 2. The van der Waals surface area contributed by atoms with Gasteiger partial charge < -0.3 is 15.0 Å². The number of methoxy groups -OCH3 is 1. The Hall–Kier alpha value is -3.77. The zero-order valence-corrected chi connectivity index (χ0v) is 27.4. The van der Waals surface area contributed by atoms with Crippen LogP contribution in [0.3, 0.4) is 0 Å². The highest BCUT2D eigenvalue weighted by molar-refractivity contribution is 7.92. The Morgan fingerprint density at radius 1 is 1.02 bits per heavy atom. The van der Waals surface area contributed by atoms with Crippen LogP contribution < -0.4 is 14.4 Å². The number of sulfonamides is 1. The van der Waals surface area contributed by atoms with Gasteiger partial charge >= 0.3 is 6.18 Å². The fourth-order valence-electron chi connectivity index (χ4n) is 5.37. The minimum absolute atomic E-state index is 0.0502. The lowest BCUT2D eigenvalue weighted by molar-refractivity contribution is -0.139. The molecule has 3 aromatic rings. The molecule has 3 aromatic carbocycles. The van der Waals surface area contributed by atoms with E-state index in [9.17, 15) is 31.2 Å². The van der Waals surface area contributed by atoms with Crippen LogP contribution in [0.1, 0.15) is 55.7 Å². The van der Waals surface area contributed by atoms with Gasteiger partial charge in [0.1, 0.15) is 18.3 Å². The summed E-state index contributed by atoms with van der Waals surface area (Å²) in [6.07, 6.45) is -0.252. The molecular formula is C33H37ClF3N3O5S. The smallest absolute Gasteiger partial charge is 0.417 e. The van der Waals surface area contributed by atoms with Crippen LogP contribution in [0.4, 0.5) is 18.9 Å². The molecule has 0 saturated heterocycles. The summed E-state index contributed by atoms with van der Waals surface area (Å²) in [5.74, 6) is -0.705. The topological polar surface area (TPSA) is 96.0 Å². The highest BCUT2D eigenvalue weighted by atomic mass is 35.5. The minimum atomic E-state index is -4.89. The van der Waals surface area contributed by atoms with Crippen LogP contribution in [0.25, 0.3) is 0 Å². The van der Waals surface area contributed by atoms with Crippen LogP contribution in [0.15, 0.2) is 71.6 Å². The largest absolute Gasteiger partial charge is 0.497 e. The van der Waals surface area contributed by atoms with Crippen molar-refractivity contribution in [3.8, 4) is 5.75 Å². The zero-order valence-electron chi connectivity index (χ0n) is 25.8. The van der Waals surface area contributed by atoms with Crippen molar-refractivity contribution in [3.05, 3.63) is 88.4 Å². The second-order valence-corrected chi connectivity index (χ2v) is 13.6. The number of aryl methyl sites for hydroxylation is 1. The normalized spacial score (nSPS) is 14.8. The zero-order chi connectivity index (χ0) is 33.6.